The molecule has 0 bridgehead atoms. The maximum atomic E-state index is 13.2. The Balaban J connectivity index is 0.804. The topological polar surface area (TPSA) is 164 Å². The largest absolute Gasteiger partial charge is 0.506 e. The number of ether oxygens (including phenoxy) is 1. The highest BCUT2D eigenvalue weighted by atomic mass is 16.6. The molecule has 0 aliphatic carbocycles. The third kappa shape index (κ3) is 12.3. The van der Waals surface area contributed by atoms with E-state index < -0.39 is 12.2 Å². The molecule has 1 aliphatic heterocycles. The van der Waals surface area contributed by atoms with Crippen molar-refractivity contribution in [1.29, 1.82) is 0 Å². The summed E-state index contributed by atoms with van der Waals surface area (Å²) in [6.07, 6.45) is 2.65. The molecule has 2 heterocycles. The van der Waals surface area contributed by atoms with E-state index in [0.29, 0.717) is 60.9 Å². The lowest BCUT2D eigenvalue weighted by atomic mass is 9.90. The van der Waals surface area contributed by atoms with Crippen LogP contribution in [0, 0.1) is 12.8 Å². The van der Waals surface area contributed by atoms with Crippen LogP contribution in [-0.4, -0.2) is 70.8 Å². The molecule has 6 aromatic rings. The van der Waals surface area contributed by atoms with E-state index >= 15 is 0 Å². The third-order valence-corrected chi connectivity index (χ3v) is 12.6. The first-order valence-electron chi connectivity index (χ1n) is 22.5. The van der Waals surface area contributed by atoms with Gasteiger partial charge in [0.05, 0.1) is 23.7 Å². The molecule has 0 radical (unpaired) electrons. The molecule has 12 heteroatoms. The lowest BCUT2D eigenvalue weighted by Crippen LogP contribution is -2.40. The summed E-state index contributed by atoms with van der Waals surface area (Å²) in [5.74, 6) is 0.146. The molecule has 7 rings (SSSR count). The number of amides is 3. The van der Waals surface area contributed by atoms with Gasteiger partial charge in [0.1, 0.15) is 11.9 Å². The van der Waals surface area contributed by atoms with Gasteiger partial charge < -0.3 is 35.1 Å². The van der Waals surface area contributed by atoms with Gasteiger partial charge in [0.2, 0.25) is 17.4 Å². The van der Waals surface area contributed by atoms with E-state index in [2.05, 4.69) is 40.4 Å². The number of pyridine rings is 1. The standard InChI is InChI=1S/C53H59N5O7/c1-35(16-23-47(59)44-21-24-48(60)52-45(44)22-25-49(61)56-52)32-39-12-9-13-40(36(39)2)34-54-50(62)33-37-17-19-41(20-18-37)57(3)51(63)28-31-58-29-26-42(27-30-58)65-53(64)55-46-15-8-7-14-43(46)38-10-5-4-6-11-38/h4-15,17-22,24-25,35,42,47,59-60H,16,23,26-34H2,1-3H3,(H,54,62)(H,55,64)(H,56,61)/t35?,47-/m0/s1. The minimum Gasteiger partial charge on any atom is -0.506 e. The van der Waals surface area contributed by atoms with Gasteiger partial charge >= 0.3 is 6.09 Å². The molecule has 5 N–H and O–H groups in total. The quantitative estimate of drug-likeness (QED) is 0.0607. The Bertz CT molecular complexity index is 2640. The fraction of sp³-hybridized carbons (Fsp3) is 0.321. The monoisotopic (exact) mass is 877 g/mol. The number of nitrogens with one attached hydrogen (secondary N) is 3. The lowest BCUT2D eigenvalue weighted by molar-refractivity contribution is -0.120. The average Bonchev–Trinajstić information content (AvgIpc) is 3.31. The van der Waals surface area contributed by atoms with Gasteiger partial charge in [-0.15, -0.1) is 0 Å². The number of hydrogen-bond donors (Lipinski definition) is 5. The number of benzene rings is 5. The highest BCUT2D eigenvalue weighted by molar-refractivity contribution is 5.93. The summed E-state index contributed by atoms with van der Waals surface area (Å²) < 4.78 is 5.79. The number of nitrogens with zero attached hydrogens (tertiary/aromatic N) is 2. The van der Waals surface area contributed by atoms with E-state index in [1.807, 2.05) is 91.0 Å². The second-order valence-corrected chi connectivity index (χ2v) is 17.2. The number of aromatic nitrogens is 1. The van der Waals surface area contributed by atoms with Crippen LogP contribution in [0.3, 0.4) is 0 Å². The molecule has 3 amide bonds. The Kier molecular flexibility index (Phi) is 15.5. The van der Waals surface area contributed by atoms with Gasteiger partial charge in [0.25, 0.3) is 0 Å². The number of rotatable bonds is 17. The molecule has 1 saturated heterocycles. The third-order valence-electron chi connectivity index (χ3n) is 12.6. The zero-order chi connectivity index (χ0) is 45.9. The maximum absolute atomic E-state index is 13.2. The normalized spacial score (nSPS) is 14.1. The van der Waals surface area contributed by atoms with Gasteiger partial charge in [-0.2, -0.15) is 0 Å². The van der Waals surface area contributed by atoms with E-state index in [4.69, 9.17) is 4.74 Å². The summed E-state index contributed by atoms with van der Waals surface area (Å²) in [5, 5.41) is 27.9. The van der Waals surface area contributed by atoms with Crippen molar-refractivity contribution < 1.29 is 29.3 Å². The van der Waals surface area contributed by atoms with Gasteiger partial charge in [0, 0.05) is 62.4 Å². The minimum atomic E-state index is -0.749. The molecule has 338 valence electrons. The zero-order valence-corrected chi connectivity index (χ0v) is 37.4. The van der Waals surface area contributed by atoms with Crippen molar-refractivity contribution in [1.82, 2.24) is 15.2 Å². The minimum absolute atomic E-state index is 0.00251. The SMILES string of the molecule is Cc1c(CNC(=O)Cc2ccc(N(C)C(=O)CCN3CCC(OC(=O)Nc4ccccc4-c4ccccc4)CC3)cc2)cccc1CC(C)CC[C@H](O)c1ccc(O)c2[nH]c(=O)ccc12. The highest BCUT2D eigenvalue weighted by Gasteiger charge is 2.24. The van der Waals surface area contributed by atoms with Crippen LogP contribution in [0.5, 0.6) is 5.75 Å². The van der Waals surface area contributed by atoms with Crippen LogP contribution < -0.4 is 21.1 Å². The first kappa shape index (κ1) is 46.2. The molecular formula is C53H59N5O7. The van der Waals surface area contributed by atoms with Crippen molar-refractivity contribution in [2.75, 3.05) is 36.9 Å². The van der Waals surface area contributed by atoms with Crippen molar-refractivity contribution in [3.63, 3.8) is 0 Å². The van der Waals surface area contributed by atoms with Crippen molar-refractivity contribution in [3.05, 3.63) is 159 Å². The van der Waals surface area contributed by atoms with Crippen LogP contribution in [-0.2, 0) is 33.7 Å². The van der Waals surface area contributed by atoms with Crippen LogP contribution in [0.4, 0.5) is 16.2 Å². The number of piperidine rings is 1. The number of likely N-dealkylation sites (tertiary alicyclic amines) is 1. The summed E-state index contributed by atoms with van der Waals surface area (Å²) in [6.45, 7) is 6.72. The Morgan fingerprint density at radius 2 is 1.58 bits per heavy atom. The molecule has 5 aromatic carbocycles. The fourth-order valence-corrected chi connectivity index (χ4v) is 8.62. The number of aliphatic hydroxyl groups excluding tert-OH is 1. The number of para-hydroxylation sites is 1. The number of aromatic hydroxyl groups is 1. The van der Waals surface area contributed by atoms with Crippen LogP contribution in [0.15, 0.2) is 126 Å². The molecule has 2 atom stereocenters. The molecule has 0 spiro atoms. The lowest BCUT2D eigenvalue weighted by Gasteiger charge is -2.31. The van der Waals surface area contributed by atoms with Gasteiger partial charge in [0.15, 0.2) is 0 Å². The maximum Gasteiger partial charge on any atom is 0.411 e. The number of phenols is 1. The number of aliphatic hydroxyl groups is 1. The molecule has 65 heavy (non-hydrogen) atoms. The van der Waals surface area contributed by atoms with Gasteiger partial charge in [-0.05, 0) is 109 Å². The summed E-state index contributed by atoms with van der Waals surface area (Å²) in [4.78, 5) is 57.4. The first-order chi connectivity index (χ1) is 31.4. The van der Waals surface area contributed by atoms with Crippen LogP contribution in [0.2, 0.25) is 0 Å². The van der Waals surface area contributed by atoms with Crippen molar-refractivity contribution in [2.24, 2.45) is 5.92 Å². The van der Waals surface area contributed by atoms with Crippen LogP contribution in [0.25, 0.3) is 22.0 Å². The Labute approximate surface area is 380 Å². The van der Waals surface area contributed by atoms with Crippen molar-refractivity contribution in [3.8, 4) is 16.9 Å². The summed E-state index contributed by atoms with van der Waals surface area (Å²) in [7, 11) is 1.77. The van der Waals surface area contributed by atoms with Crippen LogP contribution >= 0.6 is 0 Å². The summed E-state index contributed by atoms with van der Waals surface area (Å²) >= 11 is 0. The Morgan fingerprint density at radius 3 is 2.35 bits per heavy atom. The van der Waals surface area contributed by atoms with Crippen molar-refractivity contribution >= 4 is 40.2 Å². The van der Waals surface area contributed by atoms with E-state index in [1.165, 1.54) is 17.7 Å². The Hall–Kier alpha value is -6.76. The molecular weight excluding hydrogens is 819 g/mol. The number of carbonyl (C=O) groups is 3. The zero-order valence-electron chi connectivity index (χ0n) is 37.4. The van der Waals surface area contributed by atoms with Gasteiger partial charge in [-0.1, -0.05) is 91.9 Å². The fourth-order valence-electron chi connectivity index (χ4n) is 8.62. The number of anilines is 2. The van der Waals surface area contributed by atoms with E-state index in [1.54, 1.807) is 24.1 Å². The van der Waals surface area contributed by atoms with Crippen LogP contribution in [0.1, 0.15) is 72.9 Å². The molecule has 1 aliphatic rings. The second kappa shape index (κ2) is 21.7. The van der Waals surface area contributed by atoms with E-state index in [0.717, 1.165) is 59.4 Å². The summed E-state index contributed by atoms with van der Waals surface area (Å²) in [5.41, 5.74) is 8.30. The molecule has 1 aromatic heterocycles. The molecule has 0 saturated carbocycles. The molecule has 1 unspecified atom stereocenters. The average molecular weight is 878 g/mol. The number of H-pyrrole nitrogens is 1. The van der Waals surface area contributed by atoms with E-state index in [-0.39, 0.29) is 41.6 Å². The van der Waals surface area contributed by atoms with E-state index in [9.17, 15) is 29.4 Å². The number of carbonyl (C=O) groups excluding carboxylic acids is 3. The first-order valence-corrected chi connectivity index (χ1v) is 22.5. The van der Waals surface area contributed by atoms with Gasteiger partial charge in [-0.25, -0.2) is 4.79 Å². The smallest absolute Gasteiger partial charge is 0.411 e. The van der Waals surface area contributed by atoms with Gasteiger partial charge in [-0.3, -0.25) is 19.7 Å². The number of aromatic amines is 1. The predicted molar refractivity (Wildman–Crippen MR) is 256 cm³/mol. The molecule has 1 fully saturated rings. The number of phenolic OH excluding ortho intramolecular Hbond substituents is 1. The predicted octanol–water partition coefficient (Wildman–Crippen LogP) is 8.83. The highest BCUT2D eigenvalue weighted by Crippen LogP contribution is 2.32. The Morgan fingerprint density at radius 1 is 0.862 bits per heavy atom. The molecule has 12 nitrogen and oxygen atoms in total. The summed E-state index contributed by atoms with van der Waals surface area (Å²) in [6, 6.07) is 37.5. The number of fused-ring (bicyclic) bond motifs is 1. The number of hydrogen-bond acceptors (Lipinski definition) is 8. The van der Waals surface area contributed by atoms with Crippen molar-refractivity contribution in [2.45, 2.75) is 77.5 Å². The second-order valence-electron chi connectivity index (χ2n) is 17.2.